The molecule has 5 rings (SSSR count). The van der Waals surface area contributed by atoms with E-state index in [0.717, 1.165) is 12.8 Å². The van der Waals surface area contributed by atoms with E-state index in [0.29, 0.717) is 5.56 Å². The van der Waals surface area contributed by atoms with Crippen LogP contribution in [0.5, 0.6) is 0 Å². The number of carbonyl (C=O) groups is 2. The Bertz CT molecular complexity index is 1280. The molecule has 1 unspecified atom stereocenters. The van der Waals surface area contributed by atoms with E-state index in [-0.39, 0.29) is 36.5 Å². The van der Waals surface area contributed by atoms with Crippen molar-refractivity contribution in [3.8, 4) is 0 Å². The van der Waals surface area contributed by atoms with Crippen molar-refractivity contribution < 1.29 is 44.7 Å². The molecule has 4 atom stereocenters. The summed E-state index contributed by atoms with van der Waals surface area (Å²) in [6.07, 6.45) is -7.62. The molecule has 2 heterocycles. The van der Waals surface area contributed by atoms with E-state index in [2.05, 4.69) is 20.7 Å². The lowest BCUT2D eigenvalue weighted by atomic mass is 9.81. The van der Waals surface area contributed by atoms with Crippen LogP contribution in [-0.4, -0.2) is 44.7 Å². The molecule has 0 spiro atoms. The Balaban J connectivity index is 1.36. The zero-order valence-electron chi connectivity index (χ0n) is 21.7. The molecule has 41 heavy (non-hydrogen) atoms. The lowest BCUT2D eigenvalue weighted by Gasteiger charge is -2.33. The molecule has 3 aliphatic rings. The van der Waals surface area contributed by atoms with Crippen molar-refractivity contribution in [1.29, 1.82) is 0 Å². The SMILES string of the molecule is O=C(CCC(F)(F)F)NC(c1cnn2cc([C@@H](NC(=O)[C@H]3C[C@@H]3C(F)(F)F)C3CCC(F)(F)CC3)nc2c1)C1CC1. The fourth-order valence-electron chi connectivity index (χ4n) is 5.57. The molecule has 0 aromatic carbocycles. The second-order valence-corrected chi connectivity index (χ2v) is 11.4. The Labute approximate surface area is 229 Å². The van der Waals surface area contributed by atoms with Gasteiger partial charge in [0.15, 0.2) is 5.65 Å². The van der Waals surface area contributed by atoms with Gasteiger partial charge in [0.25, 0.3) is 0 Å². The van der Waals surface area contributed by atoms with Crippen molar-refractivity contribution >= 4 is 17.5 Å². The average Bonchev–Trinajstić information content (AvgIpc) is 3.79. The molecule has 3 fully saturated rings. The number of alkyl halides is 8. The third-order valence-electron chi connectivity index (χ3n) is 8.16. The number of hydrogen-bond acceptors (Lipinski definition) is 4. The maximum absolute atomic E-state index is 13.9. The predicted octanol–water partition coefficient (Wildman–Crippen LogP) is 5.82. The number of fused-ring (bicyclic) bond motifs is 1. The third kappa shape index (κ3) is 7.26. The number of amides is 2. The van der Waals surface area contributed by atoms with E-state index >= 15 is 0 Å². The van der Waals surface area contributed by atoms with E-state index in [9.17, 15) is 44.7 Å². The minimum atomic E-state index is -4.51. The molecule has 2 aromatic rings. The number of imidazole rings is 1. The van der Waals surface area contributed by atoms with E-state index in [1.54, 1.807) is 6.07 Å². The van der Waals surface area contributed by atoms with Crippen molar-refractivity contribution in [2.45, 2.75) is 88.1 Å². The number of carbonyl (C=O) groups excluding carboxylic acids is 2. The molecule has 0 radical (unpaired) electrons. The second kappa shape index (κ2) is 10.7. The van der Waals surface area contributed by atoms with Crippen LogP contribution in [0.2, 0.25) is 0 Å². The van der Waals surface area contributed by atoms with Crippen molar-refractivity contribution in [2.24, 2.45) is 23.7 Å². The van der Waals surface area contributed by atoms with E-state index in [1.165, 1.54) is 16.9 Å². The monoisotopic (exact) mass is 595 g/mol. The lowest BCUT2D eigenvalue weighted by molar-refractivity contribution is -0.155. The quantitative estimate of drug-likeness (QED) is 0.358. The Morgan fingerprint density at radius 1 is 1.00 bits per heavy atom. The standard InChI is InChI=1S/C26H29F8N5O2/c27-24(28)6-3-14(4-7-24)22(38-23(41)16-10-17(16)26(32,33)34)18-12-39-19(36-18)9-15(11-35-39)21(13-1-2-13)37-20(40)5-8-25(29,30)31/h9,11-14,16-17,21-22H,1-8,10H2,(H,37,40)(H,38,41)/t16-,17-,21?,22-/m0/s1. The van der Waals surface area contributed by atoms with Crippen molar-refractivity contribution in [1.82, 2.24) is 25.2 Å². The fourth-order valence-corrected chi connectivity index (χ4v) is 5.57. The molecule has 226 valence electrons. The molecule has 0 bridgehead atoms. The molecule has 7 nitrogen and oxygen atoms in total. The van der Waals surface area contributed by atoms with Crippen LogP contribution >= 0.6 is 0 Å². The van der Waals surface area contributed by atoms with Gasteiger partial charge >= 0.3 is 12.4 Å². The highest BCUT2D eigenvalue weighted by Gasteiger charge is 2.59. The van der Waals surface area contributed by atoms with Gasteiger partial charge in [-0.25, -0.2) is 18.3 Å². The molecule has 3 saturated carbocycles. The largest absolute Gasteiger partial charge is 0.392 e. The fraction of sp³-hybridized carbons (Fsp3) is 0.692. The van der Waals surface area contributed by atoms with Crippen LogP contribution in [-0.2, 0) is 9.59 Å². The molecule has 3 aliphatic carbocycles. The highest BCUT2D eigenvalue weighted by molar-refractivity contribution is 5.82. The Morgan fingerprint density at radius 2 is 1.66 bits per heavy atom. The van der Waals surface area contributed by atoms with Gasteiger partial charge in [0.05, 0.1) is 48.4 Å². The number of rotatable bonds is 9. The van der Waals surface area contributed by atoms with E-state index < -0.39 is 85.6 Å². The molecular formula is C26H29F8N5O2. The van der Waals surface area contributed by atoms with Gasteiger partial charge in [0.2, 0.25) is 17.7 Å². The van der Waals surface area contributed by atoms with Crippen LogP contribution in [0.4, 0.5) is 35.1 Å². The Hall–Kier alpha value is -3.00. The molecule has 2 aromatic heterocycles. The Morgan fingerprint density at radius 3 is 2.24 bits per heavy atom. The molecule has 2 N–H and O–H groups in total. The summed E-state index contributed by atoms with van der Waals surface area (Å²) < 4.78 is 106. The zero-order chi connectivity index (χ0) is 29.7. The first kappa shape index (κ1) is 29.5. The van der Waals surface area contributed by atoms with Gasteiger partial charge < -0.3 is 10.6 Å². The van der Waals surface area contributed by atoms with Crippen LogP contribution in [0.3, 0.4) is 0 Å². The number of hydrogen-bond donors (Lipinski definition) is 2. The van der Waals surface area contributed by atoms with Crippen molar-refractivity contribution in [3.05, 3.63) is 29.7 Å². The van der Waals surface area contributed by atoms with Crippen LogP contribution in [0.1, 0.15) is 81.1 Å². The number of halogens is 8. The van der Waals surface area contributed by atoms with Gasteiger partial charge in [0.1, 0.15) is 0 Å². The summed E-state index contributed by atoms with van der Waals surface area (Å²) in [5.74, 6) is -7.88. The van der Waals surface area contributed by atoms with Gasteiger partial charge in [-0.1, -0.05) is 0 Å². The summed E-state index contributed by atoms with van der Waals surface area (Å²) in [6, 6.07) is 0.0935. The van der Waals surface area contributed by atoms with Gasteiger partial charge in [0, 0.05) is 19.3 Å². The minimum absolute atomic E-state index is 0.0135. The van der Waals surface area contributed by atoms with Crippen LogP contribution in [0.25, 0.3) is 5.65 Å². The maximum atomic E-state index is 13.9. The topological polar surface area (TPSA) is 88.4 Å². The maximum Gasteiger partial charge on any atom is 0.392 e. The first-order chi connectivity index (χ1) is 19.1. The normalized spacial score (nSPS) is 24.6. The molecule has 2 amide bonds. The summed E-state index contributed by atoms with van der Waals surface area (Å²) in [7, 11) is 0. The molecule has 0 saturated heterocycles. The number of nitrogens with one attached hydrogen (secondary N) is 2. The smallest absolute Gasteiger partial charge is 0.349 e. The highest BCUT2D eigenvalue weighted by Crippen LogP contribution is 2.51. The van der Waals surface area contributed by atoms with Gasteiger partial charge in [-0.05, 0) is 55.6 Å². The summed E-state index contributed by atoms with van der Waals surface area (Å²) >= 11 is 0. The average molecular weight is 596 g/mol. The van der Waals surface area contributed by atoms with Crippen molar-refractivity contribution in [3.63, 3.8) is 0 Å². The van der Waals surface area contributed by atoms with Crippen LogP contribution < -0.4 is 10.6 Å². The summed E-state index contributed by atoms with van der Waals surface area (Å²) in [4.78, 5) is 29.5. The summed E-state index contributed by atoms with van der Waals surface area (Å²) in [5, 5.41) is 9.57. The highest BCUT2D eigenvalue weighted by atomic mass is 19.4. The molecule has 0 aliphatic heterocycles. The predicted molar refractivity (Wildman–Crippen MR) is 127 cm³/mol. The zero-order valence-corrected chi connectivity index (χ0v) is 21.7. The number of nitrogens with zero attached hydrogens (tertiary/aromatic N) is 3. The molecule has 15 heteroatoms. The van der Waals surface area contributed by atoms with Crippen LogP contribution in [0.15, 0.2) is 18.5 Å². The van der Waals surface area contributed by atoms with Crippen LogP contribution in [0, 0.1) is 23.7 Å². The summed E-state index contributed by atoms with van der Waals surface area (Å²) in [6.45, 7) is 0. The minimum Gasteiger partial charge on any atom is -0.349 e. The lowest BCUT2D eigenvalue weighted by Crippen LogP contribution is -2.38. The Kier molecular flexibility index (Phi) is 7.68. The van der Waals surface area contributed by atoms with E-state index in [4.69, 9.17) is 0 Å². The van der Waals surface area contributed by atoms with Gasteiger partial charge in [-0.3, -0.25) is 9.59 Å². The number of aromatic nitrogens is 3. The van der Waals surface area contributed by atoms with Gasteiger partial charge in [-0.15, -0.1) is 0 Å². The second-order valence-electron chi connectivity index (χ2n) is 11.4. The third-order valence-corrected chi connectivity index (χ3v) is 8.16. The first-order valence-electron chi connectivity index (χ1n) is 13.6. The van der Waals surface area contributed by atoms with E-state index in [1.807, 2.05) is 0 Å². The first-order valence-corrected chi connectivity index (χ1v) is 13.6. The van der Waals surface area contributed by atoms with Gasteiger partial charge in [-0.2, -0.15) is 31.4 Å². The summed E-state index contributed by atoms with van der Waals surface area (Å²) in [5.41, 5.74) is 1.04. The van der Waals surface area contributed by atoms with Crippen molar-refractivity contribution in [2.75, 3.05) is 0 Å². The molecular weight excluding hydrogens is 566 g/mol.